The van der Waals surface area contributed by atoms with Crippen molar-refractivity contribution in [3.8, 4) is 0 Å². The Morgan fingerprint density at radius 3 is 2.22 bits per heavy atom. The van der Waals surface area contributed by atoms with E-state index in [1.807, 2.05) is 0 Å². The van der Waals surface area contributed by atoms with E-state index in [1.165, 1.54) is 6.42 Å². The molecule has 2 saturated heterocycles. The maximum atomic E-state index is 5.18. The molecule has 3 heteroatoms. The molecule has 51 valence electrons. The molecule has 0 aromatic rings. The largest absolute Gasteiger partial charge is 0.329 e. The van der Waals surface area contributed by atoms with Gasteiger partial charge in [-0.05, 0) is 6.42 Å². The first kappa shape index (κ1) is 5.65. The molecule has 0 atom stereocenters. The molecule has 2 rings (SSSR count). The summed E-state index contributed by atoms with van der Waals surface area (Å²) in [6.07, 6.45) is 2.03. The summed E-state index contributed by atoms with van der Waals surface area (Å²) >= 11 is 0. The van der Waals surface area contributed by atoms with Gasteiger partial charge in [-0.25, -0.2) is 4.90 Å². The normalized spacial score (nSPS) is 30.7. The fourth-order valence-corrected chi connectivity index (χ4v) is 0.981. The summed E-state index contributed by atoms with van der Waals surface area (Å²) in [5.74, 6) is 0. The van der Waals surface area contributed by atoms with Crippen molar-refractivity contribution in [2.45, 2.75) is 6.42 Å². The summed E-state index contributed by atoms with van der Waals surface area (Å²) in [6.45, 7) is 3.67. The lowest BCUT2D eigenvalue weighted by atomic mass is 10.2. The molecule has 0 aromatic heterocycles. The van der Waals surface area contributed by atoms with E-state index in [-0.39, 0.29) is 0 Å². The Labute approximate surface area is 54.5 Å². The fraction of sp³-hybridized carbons (Fsp3) is 0.833. The molecule has 2 heterocycles. The molecule has 0 saturated carbocycles. The van der Waals surface area contributed by atoms with E-state index in [1.54, 1.807) is 0 Å². The summed E-state index contributed by atoms with van der Waals surface area (Å²) in [7, 11) is 0. The van der Waals surface area contributed by atoms with Crippen LogP contribution in [0.25, 0.3) is 0 Å². The van der Waals surface area contributed by atoms with Gasteiger partial charge in [0.2, 0.25) is 0 Å². The number of hydrogen-bond acceptors (Lipinski definition) is 3. The van der Waals surface area contributed by atoms with Crippen LogP contribution in [0, 0.1) is 6.41 Å². The molecule has 0 unspecified atom stereocenters. The van der Waals surface area contributed by atoms with E-state index in [0.29, 0.717) is 0 Å². The molecule has 0 spiro atoms. The van der Waals surface area contributed by atoms with Crippen molar-refractivity contribution in [2.75, 3.05) is 26.3 Å². The smallest absolute Gasteiger partial charge is 0.303 e. The highest BCUT2D eigenvalue weighted by Gasteiger charge is 2.30. The van der Waals surface area contributed by atoms with Crippen LogP contribution in [0.5, 0.6) is 0 Å². The third-order valence-electron chi connectivity index (χ3n) is 1.65. The van der Waals surface area contributed by atoms with E-state index >= 15 is 0 Å². The SMILES string of the molecule is C1CN([C]2OCCO2)C1. The van der Waals surface area contributed by atoms with E-state index < -0.39 is 0 Å². The van der Waals surface area contributed by atoms with E-state index in [2.05, 4.69) is 4.90 Å². The van der Waals surface area contributed by atoms with Gasteiger partial charge < -0.3 is 9.47 Å². The molecule has 0 aliphatic carbocycles. The molecular formula is C6H10NO2. The maximum Gasteiger partial charge on any atom is 0.303 e. The van der Waals surface area contributed by atoms with Crippen molar-refractivity contribution in [1.82, 2.24) is 4.90 Å². The third kappa shape index (κ3) is 0.956. The Balaban J connectivity index is 1.82. The Hall–Kier alpha value is -0.120. The van der Waals surface area contributed by atoms with Gasteiger partial charge in [0.15, 0.2) is 0 Å². The molecule has 0 bridgehead atoms. The zero-order valence-corrected chi connectivity index (χ0v) is 5.30. The van der Waals surface area contributed by atoms with Gasteiger partial charge in [0.1, 0.15) is 0 Å². The average molecular weight is 128 g/mol. The lowest BCUT2D eigenvalue weighted by Gasteiger charge is -2.32. The van der Waals surface area contributed by atoms with Crippen molar-refractivity contribution < 1.29 is 9.47 Å². The quantitative estimate of drug-likeness (QED) is 0.503. The summed E-state index contributed by atoms with van der Waals surface area (Å²) in [5, 5.41) is 0. The van der Waals surface area contributed by atoms with Gasteiger partial charge in [-0.1, -0.05) is 0 Å². The Bertz CT molecular complexity index is 97.2. The molecule has 0 N–H and O–H groups in total. The zero-order valence-electron chi connectivity index (χ0n) is 5.30. The Morgan fingerprint density at radius 2 is 1.78 bits per heavy atom. The van der Waals surface area contributed by atoms with Crippen LogP contribution < -0.4 is 0 Å². The minimum absolute atomic E-state index is 0.728. The minimum Gasteiger partial charge on any atom is -0.329 e. The van der Waals surface area contributed by atoms with Gasteiger partial charge in [0.25, 0.3) is 0 Å². The zero-order chi connectivity index (χ0) is 6.10. The van der Waals surface area contributed by atoms with E-state index in [0.717, 1.165) is 32.7 Å². The Kier molecular flexibility index (Phi) is 1.41. The number of rotatable bonds is 1. The number of hydrogen-bond donors (Lipinski definition) is 0. The average Bonchev–Trinajstić information content (AvgIpc) is 2.11. The van der Waals surface area contributed by atoms with Crippen molar-refractivity contribution in [3.05, 3.63) is 6.41 Å². The molecular weight excluding hydrogens is 118 g/mol. The first-order chi connectivity index (χ1) is 4.47. The highest BCUT2D eigenvalue weighted by atomic mass is 16.7. The molecule has 0 aromatic carbocycles. The molecule has 2 aliphatic heterocycles. The van der Waals surface area contributed by atoms with Crippen molar-refractivity contribution in [2.24, 2.45) is 0 Å². The first-order valence-corrected chi connectivity index (χ1v) is 3.34. The molecule has 2 fully saturated rings. The van der Waals surface area contributed by atoms with Crippen molar-refractivity contribution in [3.63, 3.8) is 0 Å². The van der Waals surface area contributed by atoms with Gasteiger partial charge in [-0.15, -0.1) is 0 Å². The lowest BCUT2D eigenvalue weighted by molar-refractivity contribution is -0.0687. The van der Waals surface area contributed by atoms with E-state index in [4.69, 9.17) is 9.47 Å². The fourth-order valence-electron chi connectivity index (χ4n) is 0.981. The van der Waals surface area contributed by atoms with Gasteiger partial charge in [-0.2, -0.15) is 0 Å². The van der Waals surface area contributed by atoms with Gasteiger partial charge in [0.05, 0.1) is 13.2 Å². The van der Waals surface area contributed by atoms with Gasteiger partial charge >= 0.3 is 6.41 Å². The minimum atomic E-state index is 0.728. The van der Waals surface area contributed by atoms with Gasteiger partial charge in [0, 0.05) is 13.1 Å². The predicted molar refractivity (Wildman–Crippen MR) is 31.3 cm³/mol. The Morgan fingerprint density at radius 1 is 1.11 bits per heavy atom. The van der Waals surface area contributed by atoms with Crippen molar-refractivity contribution in [1.29, 1.82) is 0 Å². The second kappa shape index (κ2) is 2.25. The molecule has 0 amide bonds. The summed E-state index contributed by atoms with van der Waals surface area (Å²) in [4.78, 5) is 2.12. The predicted octanol–water partition coefficient (Wildman–Crippen LogP) is 0.186. The molecule has 2 aliphatic rings. The van der Waals surface area contributed by atoms with Crippen molar-refractivity contribution >= 4 is 0 Å². The maximum absolute atomic E-state index is 5.18. The monoisotopic (exact) mass is 128 g/mol. The second-order valence-corrected chi connectivity index (χ2v) is 2.30. The number of likely N-dealkylation sites (tertiary alicyclic amines) is 1. The number of nitrogens with zero attached hydrogens (tertiary/aromatic N) is 1. The highest BCUT2D eigenvalue weighted by Crippen LogP contribution is 2.22. The third-order valence-corrected chi connectivity index (χ3v) is 1.65. The number of ether oxygens (including phenoxy) is 2. The van der Waals surface area contributed by atoms with Crippen LogP contribution >= 0.6 is 0 Å². The van der Waals surface area contributed by atoms with Crippen LogP contribution in [-0.2, 0) is 9.47 Å². The second-order valence-electron chi connectivity index (χ2n) is 2.30. The van der Waals surface area contributed by atoms with Crippen LogP contribution in [-0.4, -0.2) is 31.2 Å². The van der Waals surface area contributed by atoms with Crippen LogP contribution in [0.4, 0.5) is 0 Å². The summed E-state index contributed by atoms with van der Waals surface area (Å²) < 4.78 is 10.4. The van der Waals surface area contributed by atoms with Crippen LogP contribution in [0.1, 0.15) is 6.42 Å². The lowest BCUT2D eigenvalue weighted by Crippen LogP contribution is -2.40. The molecule has 9 heavy (non-hydrogen) atoms. The topological polar surface area (TPSA) is 21.7 Å². The molecule has 1 radical (unpaired) electrons. The highest BCUT2D eigenvalue weighted by molar-refractivity contribution is 4.79. The summed E-state index contributed by atoms with van der Waals surface area (Å²) in [6, 6.07) is 0. The molecule has 3 nitrogen and oxygen atoms in total. The summed E-state index contributed by atoms with van der Waals surface area (Å²) in [5.41, 5.74) is 0. The van der Waals surface area contributed by atoms with Crippen LogP contribution in [0.3, 0.4) is 0 Å². The standard InChI is InChI=1S/C6H10NO2/c1-2-7(3-1)6-8-4-5-9-6/h1-5H2. The van der Waals surface area contributed by atoms with Gasteiger partial charge in [-0.3, -0.25) is 0 Å². The van der Waals surface area contributed by atoms with Crippen LogP contribution in [0.15, 0.2) is 0 Å². The first-order valence-electron chi connectivity index (χ1n) is 3.34. The van der Waals surface area contributed by atoms with E-state index in [9.17, 15) is 0 Å². The van der Waals surface area contributed by atoms with Crippen LogP contribution in [0.2, 0.25) is 0 Å².